The monoisotopic (exact) mass is 350 g/mol. The van der Waals surface area contributed by atoms with E-state index in [1.165, 1.54) is 12.1 Å². The fourth-order valence-corrected chi connectivity index (χ4v) is 3.05. The number of benzene rings is 2. The lowest BCUT2D eigenvalue weighted by Gasteiger charge is -2.12. The van der Waals surface area contributed by atoms with Gasteiger partial charge in [-0.1, -0.05) is 43.7 Å². The molecule has 0 fully saturated rings. The summed E-state index contributed by atoms with van der Waals surface area (Å²) in [5, 5.41) is 2.98. The van der Waals surface area contributed by atoms with Gasteiger partial charge in [0.05, 0.1) is 11.3 Å². The van der Waals surface area contributed by atoms with Crippen LogP contribution in [-0.2, 0) is 0 Å². The molecule has 3 rings (SSSR count). The molecule has 1 heterocycles. The van der Waals surface area contributed by atoms with Gasteiger partial charge >= 0.3 is 0 Å². The van der Waals surface area contributed by atoms with Crippen molar-refractivity contribution in [3.8, 4) is 16.9 Å². The van der Waals surface area contributed by atoms with Crippen molar-refractivity contribution in [3.05, 3.63) is 77.7 Å². The van der Waals surface area contributed by atoms with E-state index in [0.29, 0.717) is 12.1 Å². The van der Waals surface area contributed by atoms with Gasteiger partial charge in [0.15, 0.2) is 0 Å². The smallest absolute Gasteiger partial charge is 0.253 e. The molecular weight excluding hydrogens is 327 g/mol. The molecular formula is C22H23FN2O. The summed E-state index contributed by atoms with van der Waals surface area (Å²) in [5.41, 5.74) is 4.23. The molecule has 3 nitrogen and oxygen atoms in total. The van der Waals surface area contributed by atoms with E-state index in [1.54, 1.807) is 12.1 Å². The molecule has 0 bridgehead atoms. The van der Waals surface area contributed by atoms with Gasteiger partial charge in [0, 0.05) is 17.9 Å². The predicted molar refractivity (Wildman–Crippen MR) is 103 cm³/mol. The Morgan fingerprint density at radius 2 is 1.77 bits per heavy atom. The quantitative estimate of drug-likeness (QED) is 0.615. The first kappa shape index (κ1) is 17.9. The number of carbonyl (C=O) groups excluding carboxylic acids is 1. The molecule has 0 saturated heterocycles. The Bertz CT molecular complexity index is 883. The maximum absolute atomic E-state index is 13.4. The van der Waals surface area contributed by atoms with Crippen LogP contribution >= 0.6 is 0 Å². The van der Waals surface area contributed by atoms with Crippen molar-refractivity contribution >= 4 is 5.91 Å². The third-order valence-electron chi connectivity index (χ3n) is 4.46. The van der Waals surface area contributed by atoms with Gasteiger partial charge in [-0.25, -0.2) is 4.39 Å². The summed E-state index contributed by atoms with van der Waals surface area (Å²) >= 11 is 0. The first-order valence-electron chi connectivity index (χ1n) is 8.93. The van der Waals surface area contributed by atoms with E-state index in [-0.39, 0.29) is 11.7 Å². The van der Waals surface area contributed by atoms with Crippen LogP contribution in [-0.4, -0.2) is 17.0 Å². The van der Waals surface area contributed by atoms with Crippen molar-refractivity contribution in [3.63, 3.8) is 0 Å². The summed E-state index contributed by atoms with van der Waals surface area (Å²) in [6, 6.07) is 18.1. The fourth-order valence-electron chi connectivity index (χ4n) is 3.05. The largest absolute Gasteiger partial charge is 0.352 e. The molecule has 26 heavy (non-hydrogen) atoms. The third kappa shape index (κ3) is 3.69. The lowest BCUT2D eigenvalue weighted by molar-refractivity contribution is 0.0952. The van der Waals surface area contributed by atoms with Crippen molar-refractivity contribution < 1.29 is 9.18 Å². The van der Waals surface area contributed by atoms with Crippen molar-refractivity contribution in [2.45, 2.75) is 26.7 Å². The molecule has 0 aliphatic carbocycles. The van der Waals surface area contributed by atoms with Crippen LogP contribution in [0.15, 0.2) is 60.7 Å². The highest BCUT2D eigenvalue weighted by molar-refractivity contribution is 5.97. The molecule has 0 aliphatic rings. The zero-order valence-corrected chi connectivity index (χ0v) is 15.1. The van der Waals surface area contributed by atoms with Crippen LogP contribution in [0.2, 0.25) is 0 Å². The van der Waals surface area contributed by atoms with Gasteiger partial charge < -0.3 is 9.88 Å². The van der Waals surface area contributed by atoms with Crippen LogP contribution in [0.4, 0.5) is 4.39 Å². The highest BCUT2D eigenvalue weighted by Crippen LogP contribution is 2.29. The van der Waals surface area contributed by atoms with Gasteiger partial charge in [-0.2, -0.15) is 0 Å². The van der Waals surface area contributed by atoms with Crippen molar-refractivity contribution in [2.24, 2.45) is 0 Å². The van der Waals surface area contributed by atoms with E-state index < -0.39 is 0 Å². The van der Waals surface area contributed by atoms with Crippen LogP contribution in [0.25, 0.3) is 16.9 Å². The number of aromatic nitrogens is 1. The second kappa shape index (κ2) is 8.00. The zero-order valence-electron chi connectivity index (χ0n) is 15.1. The van der Waals surface area contributed by atoms with E-state index in [0.717, 1.165) is 35.5 Å². The Kier molecular flexibility index (Phi) is 5.52. The molecule has 1 aromatic heterocycles. The van der Waals surface area contributed by atoms with E-state index in [9.17, 15) is 9.18 Å². The molecule has 4 heteroatoms. The average Bonchev–Trinajstić information content (AvgIpc) is 3.01. The van der Waals surface area contributed by atoms with Gasteiger partial charge in [-0.15, -0.1) is 0 Å². The van der Waals surface area contributed by atoms with Gasteiger partial charge in [-0.05, 0) is 49.2 Å². The average molecular weight is 350 g/mol. The number of nitrogens with one attached hydrogen (secondary N) is 1. The van der Waals surface area contributed by atoms with Crippen LogP contribution in [0.1, 0.15) is 35.8 Å². The second-order valence-electron chi connectivity index (χ2n) is 6.32. The van der Waals surface area contributed by atoms with Crippen molar-refractivity contribution in [2.75, 3.05) is 6.54 Å². The molecule has 2 aromatic carbocycles. The van der Waals surface area contributed by atoms with Crippen LogP contribution in [0, 0.1) is 12.7 Å². The summed E-state index contributed by atoms with van der Waals surface area (Å²) in [7, 11) is 0. The summed E-state index contributed by atoms with van der Waals surface area (Å²) < 4.78 is 15.4. The standard InChI is InChI=1S/C22H23FN2O/c1-3-4-14-24-22(26)20-15-21(17-8-6-5-7-9-17)25(16(20)2)19-12-10-18(23)11-13-19/h5-13,15H,3-4,14H2,1-2H3,(H,24,26). The van der Waals surface area contributed by atoms with E-state index >= 15 is 0 Å². The molecule has 0 spiro atoms. The highest BCUT2D eigenvalue weighted by atomic mass is 19.1. The lowest BCUT2D eigenvalue weighted by Crippen LogP contribution is -2.24. The van der Waals surface area contributed by atoms with E-state index in [2.05, 4.69) is 12.2 Å². The first-order valence-corrected chi connectivity index (χ1v) is 8.93. The van der Waals surface area contributed by atoms with E-state index in [1.807, 2.05) is 47.9 Å². The normalized spacial score (nSPS) is 10.7. The minimum Gasteiger partial charge on any atom is -0.352 e. The second-order valence-corrected chi connectivity index (χ2v) is 6.32. The Morgan fingerprint density at radius 3 is 2.42 bits per heavy atom. The number of unbranched alkanes of at least 4 members (excludes halogenated alkanes) is 1. The molecule has 0 unspecified atom stereocenters. The number of nitrogens with zero attached hydrogens (tertiary/aromatic N) is 1. The Balaban J connectivity index is 2.08. The maximum atomic E-state index is 13.4. The molecule has 0 aliphatic heterocycles. The molecule has 3 aromatic rings. The predicted octanol–water partition coefficient (Wildman–Crippen LogP) is 5.12. The third-order valence-corrected chi connectivity index (χ3v) is 4.46. The maximum Gasteiger partial charge on any atom is 0.253 e. The van der Waals surface area contributed by atoms with E-state index in [4.69, 9.17) is 0 Å². The SMILES string of the molecule is CCCCNC(=O)c1cc(-c2ccccc2)n(-c2ccc(F)cc2)c1C. The van der Waals surface area contributed by atoms with Gasteiger partial charge in [0.25, 0.3) is 5.91 Å². The Labute approximate surface area is 153 Å². The summed E-state index contributed by atoms with van der Waals surface area (Å²) in [5.74, 6) is -0.355. The minimum atomic E-state index is -0.280. The minimum absolute atomic E-state index is 0.0750. The zero-order chi connectivity index (χ0) is 18.5. The molecule has 1 N–H and O–H groups in total. The van der Waals surface area contributed by atoms with Crippen molar-refractivity contribution in [1.82, 2.24) is 9.88 Å². The summed E-state index contributed by atoms with van der Waals surface area (Å²) in [6.45, 7) is 4.68. The van der Waals surface area contributed by atoms with Gasteiger partial charge in [-0.3, -0.25) is 4.79 Å². The van der Waals surface area contributed by atoms with Crippen molar-refractivity contribution in [1.29, 1.82) is 0 Å². The van der Waals surface area contributed by atoms with Gasteiger partial charge in [0.1, 0.15) is 5.82 Å². The number of hydrogen-bond acceptors (Lipinski definition) is 1. The number of carbonyl (C=O) groups is 1. The topological polar surface area (TPSA) is 34.0 Å². The molecule has 1 amide bonds. The molecule has 0 saturated carbocycles. The number of halogens is 1. The summed E-state index contributed by atoms with van der Waals surface area (Å²) in [6.07, 6.45) is 1.99. The molecule has 0 radical (unpaired) electrons. The Morgan fingerprint density at radius 1 is 1.08 bits per heavy atom. The highest BCUT2D eigenvalue weighted by Gasteiger charge is 2.19. The summed E-state index contributed by atoms with van der Waals surface area (Å²) in [4.78, 5) is 12.6. The van der Waals surface area contributed by atoms with Crippen LogP contribution < -0.4 is 5.32 Å². The van der Waals surface area contributed by atoms with Gasteiger partial charge in [0.2, 0.25) is 0 Å². The molecule has 134 valence electrons. The van der Waals surface area contributed by atoms with Crippen LogP contribution in [0.5, 0.6) is 0 Å². The number of amides is 1. The number of hydrogen-bond donors (Lipinski definition) is 1. The molecule has 0 atom stereocenters. The first-order chi connectivity index (χ1) is 12.6. The fraction of sp³-hybridized carbons (Fsp3) is 0.227. The van der Waals surface area contributed by atoms with Crippen LogP contribution in [0.3, 0.4) is 0 Å². The lowest BCUT2D eigenvalue weighted by atomic mass is 10.1. The Hall–Kier alpha value is -2.88. The number of rotatable bonds is 6.